The highest BCUT2D eigenvalue weighted by Gasteiger charge is 2.38. The summed E-state index contributed by atoms with van der Waals surface area (Å²) in [5.41, 5.74) is 1.84. The first-order chi connectivity index (χ1) is 13.1. The summed E-state index contributed by atoms with van der Waals surface area (Å²) in [4.78, 5) is 37.4. The highest BCUT2D eigenvalue weighted by Crippen LogP contribution is 2.22. The monoisotopic (exact) mass is 368 g/mol. The molecule has 1 aliphatic rings. The third-order valence-corrected chi connectivity index (χ3v) is 4.34. The van der Waals surface area contributed by atoms with Gasteiger partial charge in [-0.3, -0.25) is 10.1 Å². The lowest BCUT2D eigenvalue weighted by Gasteiger charge is -2.38. The third-order valence-electron chi connectivity index (χ3n) is 4.34. The number of methoxy groups -OCH3 is 1. The molecule has 1 fully saturated rings. The Balaban J connectivity index is 1.53. The summed E-state index contributed by atoms with van der Waals surface area (Å²) in [6, 6.07) is 15.3. The van der Waals surface area contributed by atoms with E-state index in [1.807, 2.05) is 30.3 Å². The van der Waals surface area contributed by atoms with Gasteiger partial charge < -0.3 is 14.4 Å². The Kier molecular flexibility index (Phi) is 5.71. The number of hydrogen-bond acceptors (Lipinski definition) is 5. The fourth-order valence-corrected chi connectivity index (χ4v) is 2.75. The number of esters is 1. The van der Waals surface area contributed by atoms with Crippen LogP contribution in [0.1, 0.15) is 22.3 Å². The molecule has 3 rings (SSSR count). The molecule has 0 aromatic heterocycles. The van der Waals surface area contributed by atoms with Gasteiger partial charge in [0.05, 0.1) is 7.11 Å². The molecule has 2 aromatic carbocycles. The molecule has 1 heterocycles. The Bertz CT molecular complexity index is 820. The van der Waals surface area contributed by atoms with E-state index in [4.69, 9.17) is 9.47 Å². The normalized spacial score (nSPS) is 15.4. The second kappa shape index (κ2) is 8.35. The molecule has 1 saturated heterocycles. The van der Waals surface area contributed by atoms with E-state index in [2.05, 4.69) is 5.32 Å². The van der Waals surface area contributed by atoms with E-state index < -0.39 is 18.1 Å². The largest absolute Gasteiger partial charge is 0.467 e. The maximum Gasteiger partial charge on any atom is 0.411 e. The van der Waals surface area contributed by atoms with Crippen molar-refractivity contribution < 1.29 is 23.9 Å². The highest BCUT2D eigenvalue weighted by molar-refractivity contribution is 5.98. The molecular weight excluding hydrogens is 348 g/mol. The van der Waals surface area contributed by atoms with E-state index in [0.717, 1.165) is 5.56 Å². The van der Waals surface area contributed by atoms with Gasteiger partial charge in [0.1, 0.15) is 12.6 Å². The summed E-state index contributed by atoms with van der Waals surface area (Å²) in [6.45, 7) is 0.692. The van der Waals surface area contributed by atoms with Crippen LogP contribution in [0.4, 0.5) is 10.5 Å². The Morgan fingerprint density at radius 1 is 1.07 bits per heavy atom. The summed E-state index contributed by atoms with van der Waals surface area (Å²) >= 11 is 0. The summed E-state index contributed by atoms with van der Waals surface area (Å²) in [6.07, 6.45) is 0.0251. The first-order valence-electron chi connectivity index (χ1n) is 8.55. The fraction of sp³-hybridized carbons (Fsp3) is 0.250. The molecule has 27 heavy (non-hydrogen) atoms. The van der Waals surface area contributed by atoms with E-state index in [9.17, 15) is 14.4 Å². The van der Waals surface area contributed by atoms with Crippen molar-refractivity contribution in [2.45, 2.75) is 19.1 Å². The zero-order valence-electron chi connectivity index (χ0n) is 14.9. The molecule has 2 amide bonds. The van der Waals surface area contributed by atoms with E-state index in [1.54, 1.807) is 24.3 Å². The Hall–Kier alpha value is -3.35. The molecule has 1 N–H and O–H groups in total. The van der Waals surface area contributed by atoms with Gasteiger partial charge in [-0.2, -0.15) is 0 Å². The van der Waals surface area contributed by atoms with Crippen LogP contribution in [-0.4, -0.2) is 42.6 Å². The van der Waals surface area contributed by atoms with Crippen molar-refractivity contribution in [3.63, 3.8) is 0 Å². The van der Waals surface area contributed by atoms with Gasteiger partial charge in [0, 0.05) is 17.8 Å². The van der Waals surface area contributed by atoms with Gasteiger partial charge in [0.2, 0.25) is 0 Å². The Labute approximate surface area is 156 Å². The highest BCUT2D eigenvalue weighted by atomic mass is 16.5. The molecule has 140 valence electrons. The lowest BCUT2D eigenvalue weighted by Crippen LogP contribution is -2.55. The summed E-state index contributed by atoms with van der Waals surface area (Å²) in [5.74, 6) is -0.649. The lowest BCUT2D eigenvalue weighted by atomic mass is 10.0. The first-order valence-corrected chi connectivity index (χ1v) is 8.55. The van der Waals surface area contributed by atoms with E-state index in [0.29, 0.717) is 24.2 Å². The van der Waals surface area contributed by atoms with Gasteiger partial charge in [-0.15, -0.1) is 0 Å². The number of carbonyl (C=O) groups is 3. The van der Waals surface area contributed by atoms with Gasteiger partial charge in [-0.25, -0.2) is 9.59 Å². The van der Waals surface area contributed by atoms with Crippen LogP contribution in [0.2, 0.25) is 0 Å². The molecule has 0 saturated carbocycles. The van der Waals surface area contributed by atoms with Crippen LogP contribution < -0.4 is 5.32 Å². The molecule has 7 heteroatoms. The van der Waals surface area contributed by atoms with Crippen molar-refractivity contribution in [2.24, 2.45) is 0 Å². The number of anilines is 1. The van der Waals surface area contributed by atoms with Crippen LogP contribution in [0.25, 0.3) is 0 Å². The van der Waals surface area contributed by atoms with Gasteiger partial charge >= 0.3 is 12.1 Å². The van der Waals surface area contributed by atoms with E-state index in [-0.39, 0.29) is 12.5 Å². The number of hydrogen-bond donors (Lipinski definition) is 1. The molecule has 0 spiro atoms. The molecule has 0 aliphatic carbocycles. The lowest BCUT2D eigenvalue weighted by molar-refractivity contribution is -0.149. The number of nitrogens with zero attached hydrogens (tertiary/aromatic N) is 1. The molecule has 0 radical (unpaired) electrons. The quantitative estimate of drug-likeness (QED) is 0.821. The molecule has 1 unspecified atom stereocenters. The minimum absolute atomic E-state index is 0.174. The number of ether oxygens (including phenoxy) is 2. The van der Waals surface area contributed by atoms with Gasteiger partial charge in [-0.05, 0) is 36.2 Å². The van der Waals surface area contributed by atoms with Crippen LogP contribution in [0.5, 0.6) is 0 Å². The van der Waals surface area contributed by atoms with Crippen molar-refractivity contribution in [3.8, 4) is 0 Å². The molecule has 1 atom stereocenters. The number of likely N-dealkylation sites (tertiary alicyclic amines) is 1. The van der Waals surface area contributed by atoms with Crippen LogP contribution in [0.3, 0.4) is 0 Å². The third kappa shape index (κ3) is 4.44. The average molecular weight is 368 g/mol. The molecular formula is C20H20N2O5. The second-order valence-corrected chi connectivity index (χ2v) is 6.09. The van der Waals surface area contributed by atoms with Crippen molar-refractivity contribution in [3.05, 3.63) is 65.7 Å². The SMILES string of the molecule is COC(=O)C1CCN1C(=O)c1ccc(NC(=O)OCc2ccccc2)cc1. The minimum Gasteiger partial charge on any atom is -0.467 e. The fourth-order valence-electron chi connectivity index (χ4n) is 2.75. The zero-order chi connectivity index (χ0) is 19.2. The Morgan fingerprint density at radius 2 is 1.78 bits per heavy atom. The maximum atomic E-state index is 12.5. The van der Waals surface area contributed by atoms with Gasteiger partial charge in [0.15, 0.2) is 0 Å². The molecule has 1 aliphatic heterocycles. The van der Waals surface area contributed by atoms with Gasteiger partial charge in [-0.1, -0.05) is 30.3 Å². The summed E-state index contributed by atoms with van der Waals surface area (Å²) < 4.78 is 9.84. The standard InChI is InChI=1S/C20H20N2O5/c1-26-19(24)17-11-12-22(17)18(23)15-7-9-16(10-8-15)21-20(25)27-13-14-5-3-2-4-6-14/h2-10,17H,11-13H2,1H3,(H,21,25). The Morgan fingerprint density at radius 3 is 2.37 bits per heavy atom. The molecule has 0 bridgehead atoms. The smallest absolute Gasteiger partial charge is 0.411 e. The van der Waals surface area contributed by atoms with Crippen LogP contribution in [0.15, 0.2) is 54.6 Å². The molecule has 7 nitrogen and oxygen atoms in total. The van der Waals surface area contributed by atoms with E-state index in [1.165, 1.54) is 12.0 Å². The van der Waals surface area contributed by atoms with E-state index >= 15 is 0 Å². The topological polar surface area (TPSA) is 84.9 Å². The zero-order valence-corrected chi connectivity index (χ0v) is 14.9. The minimum atomic E-state index is -0.577. The predicted molar refractivity (Wildman–Crippen MR) is 98.1 cm³/mol. The van der Waals surface area contributed by atoms with Crippen molar-refractivity contribution in [1.29, 1.82) is 0 Å². The van der Waals surface area contributed by atoms with Gasteiger partial charge in [0.25, 0.3) is 5.91 Å². The van der Waals surface area contributed by atoms with Crippen molar-refractivity contribution in [1.82, 2.24) is 4.90 Å². The summed E-state index contributed by atoms with van der Waals surface area (Å²) in [5, 5.41) is 2.61. The van der Waals surface area contributed by atoms with Crippen molar-refractivity contribution in [2.75, 3.05) is 19.0 Å². The predicted octanol–water partition coefficient (Wildman–Crippen LogP) is 2.82. The van der Waals surface area contributed by atoms with Crippen LogP contribution >= 0.6 is 0 Å². The average Bonchev–Trinajstić information content (AvgIpc) is 2.66. The summed E-state index contributed by atoms with van der Waals surface area (Å²) in [7, 11) is 1.31. The van der Waals surface area contributed by atoms with Crippen molar-refractivity contribution >= 4 is 23.7 Å². The second-order valence-electron chi connectivity index (χ2n) is 6.09. The number of rotatable bonds is 5. The number of nitrogens with one attached hydrogen (secondary N) is 1. The number of benzene rings is 2. The number of carbonyl (C=O) groups excluding carboxylic acids is 3. The maximum absolute atomic E-state index is 12.5. The van der Waals surface area contributed by atoms with Crippen LogP contribution in [0, 0.1) is 0 Å². The molecule has 2 aromatic rings. The first kappa shape index (κ1) is 18.4. The number of amides is 2. The van der Waals surface area contributed by atoms with Crippen LogP contribution in [-0.2, 0) is 20.9 Å².